The Morgan fingerprint density at radius 1 is 1.30 bits per heavy atom. The molecule has 5 nitrogen and oxygen atoms in total. The SMILES string of the molecule is COc1cc(C(C)=O)ccc1OC[C@H](O)CN1C[C@@]2(C)C[C@H]1CC(C)(C)C2. The van der Waals surface area contributed by atoms with Crippen LogP contribution in [0.15, 0.2) is 18.2 Å². The summed E-state index contributed by atoms with van der Waals surface area (Å²) >= 11 is 0. The minimum atomic E-state index is -0.562. The van der Waals surface area contributed by atoms with Crippen molar-refractivity contribution in [2.45, 2.75) is 59.1 Å². The van der Waals surface area contributed by atoms with Crippen LogP contribution in [0, 0.1) is 10.8 Å². The normalized spacial score (nSPS) is 28.0. The highest BCUT2D eigenvalue weighted by Gasteiger charge is 2.49. The minimum absolute atomic E-state index is 0.0172. The standard InChI is InChI=1S/C22H33NO4/c1-15(24)16-6-7-19(20(8-16)26-5)27-12-18(25)11-23-14-22(4)10-17(23)9-21(2,3)13-22/h6-8,17-18,25H,9-14H2,1-5H3/t17-,18-,22+/m1/s1. The molecule has 1 N–H and O–H groups in total. The van der Waals surface area contributed by atoms with Gasteiger partial charge in [0.1, 0.15) is 12.7 Å². The van der Waals surface area contributed by atoms with Crippen molar-refractivity contribution in [3.8, 4) is 11.5 Å². The molecule has 0 radical (unpaired) electrons. The van der Waals surface area contributed by atoms with Gasteiger partial charge in [-0.15, -0.1) is 0 Å². The zero-order valence-corrected chi connectivity index (χ0v) is 17.2. The van der Waals surface area contributed by atoms with Crippen molar-refractivity contribution in [1.82, 2.24) is 4.90 Å². The Balaban J connectivity index is 1.58. The number of nitrogens with zero attached hydrogens (tertiary/aromatic N) is 1. The third kappa shape index (κ3) is 4.64. The zero-order chi connectivity index (χ0) is 19.8. The van der Waals surface area contributed by atoms with E-state index in [2.05, 4.69) is 25.7 Å². The quantitative estimate of drug-likeness (QED) is 0.739. The molecule has 0 amide bonds. The first-order valence-corrected chi connectivity index (χ1v) is 9.85. The van der Waals surface area contributed by atoms with Gasteiger partial charge in [0.05, 0.1) is 7.11 Å². The highest BCUT2D eigenvalue weighted by Crippen LogP contribution is 2.52. The van der Waals surface area contributed by atoms with Crippen molar-refractivity contribution in [1.29, 1.82) is 0 Å². The summed E-state index contributed by atoms with van der Waals surface area (Å²) < 4.78 is 11.1. The molecule has 5 heteroatoms. The first-order chi connectivity index (χ1) is 12.6. The van der Waals surface area contributed by atoms with E-state index >= 15 is 0 Å². The van der Waals surface area contributed by atoms with Crippen LogP contribution in [-0.2, 0) is 0 Å². The topological polar surface area (TPSA) is 59.0 Å². The number of aliphatic hydroxyl groups excluding tert-OH is 1. The molecule has 1 heterocycles. The fraction of sp³-hybridized carbons (Fsp3) is 0.682. The molecule has 1 aliphatic heterocycles. The highest BCUT2D eigenvalue weighted by atomic mass is 16.5. The Morgan fingerprint density at radius 3 is 2.70 bits per heavy atom. The first kappa shape index (κ1) is 20.2. The number of carbonyl (C=O) groups excluding carboxylic acids is 1. The van der Waals surface area contributed by atoms with Gasteiger partial charge in [-0.25, -0.2) is 0 Å². The van der Waals surface area contributed by atoms with Gasteiger partial charge in [-0.2, -0.15) is 0 Å². The van der Waals surface area contributed by atoms with Gasteiger partial charge in [0.2, 0.25) is 0 Å². The second-order valence-electron chi connectivity index (χ2n) is 9.53. The number of likely N-dealkylation sites (tertiary alicyclic amines) is 1. The maximum Gasteiger partial charge on any atom is 0.161 e. The maximum absolute atomic E-state index is 11.5. The summed E-state index contributed by atoms with van der Waals surface area (Å²) in [5.41, 5.74) is 1.32. The van der Waals surface area contributed by atoms with Crippen LogP contribution in [0.3, 0.4) is 0 Å². The minimum Gasteiger partial charge on any atom is -0.493 e. The van der Waals surface area contributed by atoms with Gasteiger partial charge in [-0.1, -0.05) is 20.8 Å². The van der Waals surface area contributed by atoms with Crippen LogP contribution in [0.5, 0.6) is 11.5 Å². The molecule has 1 aromatic carbocycles. The molecular formula is C22H33NO4. The van der Waals surface area contributed by atoms with Crippen LogP contribution < -0.4 is 9.47 Å². The summed E-state index contributed by atoms with van der Waals surface area (Å²) in [5.74, 6) is 1.05. The summed E-state index contributed by atoms with van der Waals surface area (Å²) in [6.45, 7) is 10.5. The van der Waals surface area contributed by atoms with Crippen LogP contribution in [0.4, 0.5) is 0 Å². The molecule has 2 bridgehead atoms. The van der Waals surface area contributed by atoms with E-state index in [9.17, 15) is 9.90 Å². The number of ether oxygens (including phenoxy) is 2. The Bertz CT molecular complexity index is 702. The molecule has 0 spiro atoms. The molecule has 0 aromatic heterocycles. The van der Waals surface area contributed by atoms with Crippen molar-refractivity contribution in [2.75, 3.05) is 26.8 Å². The fourth-order valence-electron chi connectivity index (χ4n) is 5.31. The lowest BCUT2D eigenvalue weighted by Crippen LogP contribution is -2.39. The van der Waals surface area contributed by atoms with E-state index in [-0.39, 0.29) is 12.4 Å². The van der Waals surface area contributed by atoms with E-state index in [1.165, 1.54) is 26.2 Å². The predicted molar refractivity (Wildman–Crippen MR) is 106 cm³/mol. The van der Waals surface area contributed by atoms with E-state index in [4.69, 9.17) is 9.47 Å². The molecule has 1 aliphatic carbocycles. The molecule has 3 rings (SSSR count). The maximum atomic E-state index is 11.5. The number of rotatable bonds is 7. The fourth-order valence-corrected chi connectivity index (χ4v) is 5.31. The van der Waals surface area contributed by atoms with Crippen LogP contribution in [0.25, 0.3) is 0 Å². The molecule has 0 unspecified atom stereocenters. The summed E-state index contributed by atoms with van der Waals surface area (Å²) in [7, 11) is 1.55. The van der Waals surface area contributed by atoms with Crippen molar-refractivity contribution in [2.24, 2.45) is 10.8 Å². The van der Waals surface area contributed by atoms with Gasteiger partial charge in [-0.3, -0.25) is 9.69 Å². The van der Waals surface area contributed by atoms with Crippen molar-refractivity contribution in [3.63, 3.8) is 0 Å². The lowest BCUT2D eigenvalue weighted by Gasteiger charge is -2.40. The monoisotopic (exact) mass is 375 g/mol. The van der Waals surface area contributed by atoms with Crippen molar-refractivity contribution >= 4 is 5.78 Å². The third-order valence-corrected chi connectivity index (χ3v) is 5.97. The van der Waals surface area contributed by atoms with Crippen LogP contribution >= 0.6 is 0 Å². The molecule has 1 saturated carbocycles. The predicted octanol–water partition coefficient (Wildman–Crippen LogP) is 3.54. The number of fused-ring (bicyclic) bond motifs is 2. The van der Waals surface area contributed by atoms with Crippen molar-refractivity contribution < 1.29 is 19.4 Å². The number of Topliss-reactive ketones (excluding diaryl/α,β-unsaturated/α-hetero) is 1. The third-order valence-electron chi connectivity index (χ3n) is 5.97. The van der Waals surface area contributed by atoms with Gasteiger partial charge in [-0.05, 0) is 55.2 Å². The first-order valence-electron chi connectivity index (χ1n) is 9.85. The number of hydrogen-bond acceptors (Lipinski definition) is 5. The van der Waals surface area contributed by atoms with Gasteiger partial charge in [0, 0.05) is 24.7 Å². The highest BCUT2D eigenvalue weighted by molar-refractivity contribution is 5.94. The number of benzene rings is 1. The Hall–Kier alpha value is -1.59. The lowest BCUT2D eigenvalue weighted by molar-refractivity contribution is 0.0576. The number of hydrogen-bond donors (Lipinski definition) is 1. The van der Waals surface area contributed by atoms with Gasteiger partial charge >= 0.3 is 0 Å². The number of aliphatic hydroxyl groups is 1. The largest absolute Gasteiger partial charge is 0.493 e. The Labute approximate surface area is 162 Å². The van der Waals surface area contributed by atoms with E-state index in [1.54, 1.807) is 25.3 Å². The van der Waals surface area contributed by atoms with E-state index in [0.717, 1.165) is 6.54 Å². The smallest absolute Gasteiger partial charge is 0.161 e. The molecule has 1 saturated heterocycles. The van der Waals surface area contributed by atoms with E-state index < -0.39 is 6.10 Å². The second-order valence-corrected chi connectivity index (χ2v) is 9.53. The average molecular weight is 376 g/mol. The second kappa shape index (κ2) is 7.44. The number of β-amino-alcohol motifs (C(OH)–C–C–N with tert-alkyl or cyclic N) is 1. The Morgan fingerprint density at radius 2 is 2.04 bits per heavy atom. The lowest BCUT2D eigenvalue weighted by atomic mass is 9.65. The average Bonchev–Trinajstić information content (AvgIpc) is 2.80. The number of ketones is 1. The zero-order valence-electron chi connectivity index (χ0n) is 17.2. The number of methoxy groups -OCH3 is 1. The summed E-state index contributed by atoms with van der Waals surface area (Å²) in [5, 5.41) is 10.5. The molecule has 3 atom stereocenters. The summed E-state index contributed by atoms with van der Waals surface area (Å²) in [6, 6.07) is 5.68. The molecule has 150 valence electrons. The van der Waals surface area contributed by atoms with Crippen LogP contribution in [0.1, 0.15) is 57.3 Å². The van der Waals surface area contributed by atoms with E-state index in [1.807, 2.05) is 0 Å². The van der Waals surface area contributed by atoms with Crippen LogP contribution in [0.2, 0.25) is 0 Å². The van der Waals surface area contributed by atoms with Crippen LogP contribution in [-0.4, -0.2) is 54.7 Å². The summed E-state index contributed by atoms with van der Waals surface area (Å²) in [4.78, 5) is 13.9. The molecule has 2 fully saturated rings. The number of carbonyl (C=O) groups is 1. The Kier molecular flexibility index (Phi) is 5.55. The van der Waals surface area contributed by atoms with Gasteiger partial charge < -0.3 is 14.6 Å². The molecular weight excluding hydrogens is 342 g/mol. The molecule has 2 aliphatic rings. The van der Waals surface area contributed by atoms with Crippen molar-refractivity contribution in [3.05, 3.63) is 23.8 Å². The molecule has 1 aromatic rings. The molecule has 27 heavy (non-hydrogen) atoms. The van der Waals surface area contributed by atoms with E-state index in [0.29, 0.717) is 40.5 Å². The summed E-state index contributed by atoms with van der Waals surface area (Å²) in [6.07, 6.45) is 3.10. The van der Waals surface area contributed by atoms with Gasteiger partial charge in [0.15, 0.2) is 17.3 Å². The van der Waals surface area contributed by atoms with Gasteiger partial charge in [0.25, 0.3) is 0 Å².